The lowest BCUT2D eigenvalue weighted by atomic mass is 9.39. The number of carbonyl (C=O) groups excluding carboxylic acids is 4. The molecule has 5 N–H and O–H groups in total. The second kappa shape index (κ2) is 25.9. The third kappa shape index (κ3) is 13.2. The molecular formula is C74H94N14O6S2. The van der Waals surface area contributed by atoms with E-state index in [2.05, 4.69) is 74.5 Å². The molecule has 8 heterocycles. The number of nitrogens with one attached hydrogen (secondary N) is 4. The minimum absolute atomic E-state index is 0.0147. The van der Waals surface area contributed by atoms with E-state index in [-0.39, 0.29) is 70.3 Å². The van der Waals surface area contributed by atoms with E-state index in [1.807, 2.05) is 101 Å². The molecule has 2 saturated heterocycles. The van der Waals surface area contributed by atoms with Crippen molar-refractivity contribution in [3.05, 3.63) is 106 Å². The number of thiazole rings is 2. The second-order valence-electron chi connectivity index (χ2n) is 31.3. The third-order valence-corrected chi connectivity index (χ3v) is 24.2. The van der Waals surface area contributed by atoms with Crippen LogP contribution in [0.4, 0.5) is 22.6 Å². The number of likely N-dealkylation sites (tertiary alicyclic amines) is 2. The predicted molar refractivity (Wildman–Crippen MR) is 375 cm³/mol. The van der Waals surface area contributed by atoms with Gasteiger partial charge in [0.2, 0.25) is 17.7 Å². The topological polar surface area (TPSA) is 238 Å². The number of β-amino-alcohol motifs (C(OH)–C–C–N with tert-alkyl or cyclic N) is 1. The Morgan fingerprint density at radius 1 is 0.823 bits per heavy atom. The van der Waals surface area contributed by atoms with E-state index in [1.54, 1.807) is 22.7 Å². The maximum atomic E-state index is 15.3. The van der Waals surface area contributed by atoms with E-state index in [0.29, 0.717) is 55.2 Å². The number of aryl methyl sites for hydroxylation is 1. The molecule has 22 heteroatoms. The molecule has 6 atom stereocenters. The van der Waals surface area contributed by atoms with Gasteiger partial charge in [0, 0.05) is 72.5 Å². The Hall–Kier alpha value is -7.24. The van der Waals surface area contributed by atoms with Crippen LogP contribution in [0.25, 0.3) is 31.8 Å². The van der Waals surface area contributed by atoms with Crippen LogP contribution in [-0.2, 0) is 32.1 Å². The van der Waals surface area contributed by atoms with Gasteiger partial charge in [-0.05, 0) is 188 Å². The summed E-state index contributed by atoms with van der Waals surface area (Å²) in [5.74, 6) is 0.204. The molecule has 4 amide bonds. The van der Waals surface area contributed by atoms with Gasteiger partial charge in [-0.2, -0.15) is 5.10 Å². The molecule has 3 aliphatic heterocycles. The third-order valence-electron chi connectivity index (χ3n) is 22.3. The zero-order valence-electron chi connectivity index (χ0n) is 57.2. The number of anilines is 4. The fourth-order valence-electron chi connectivity index (χ4n) is 18.7. The van der Waals surface area contributed by atoms with Gasteiger partial charge in [0.05, 0.1) is 56.8 Å². The number of carbonyl (C=O) groups is 4. The number of hydrogen-bond acceptors (Lipinski definition) is 17. The number of pyridine rings is 1. The number of para-hydroxylation sites is 1. The van der Waals surface area contributed by atoms with Crippen molar-refractivity contribution in [3.8, 4) is 21.6 Å². The van der Waals surface area contributed by atoms with E-state index in [9.17, 15) is 19.5 Å². The SMILES string of the molecule is Cc1ncsc1-c1ccc([C@H](C)NC(=O)[C@@H]2C[C@@H](O)CN2C(=O)[C@@H](NC(=O)C2CCC(NC(=O)c3nc(N4CCCc5c4nnc(Nc4nc6ccccc6s4)c5C)ccc3-c3cnn(CC45CC6(C)CC(C)(C4)CC(OCCN4CCCC4)(C6)C5)c3C)CC2)C(C)(C)C)cc1. The number of nitrogens with zero attached hydrogens (tertiary/aromatic N) is 10. The highest BCUT2D eigenvalue weighted by Gasteiger charge is 2.66. The zero-order chi connectivity index (χ0) is 67.1. The fourth-order valence-corrected chi connectivity index (χ4v) is 20.4. The van der Waals surface area contributed by atoms with Crippen LogP contribution in [0.3, 0.4) is 0 Å². The van der Waals surface area contributed by atoms with Gasteiger partial charge in [0.25, 0.3) is 5.91 Å². The normalized spacial score (nSPS) is 27.0. The minimum Gasteiger partial charge on any atom is -0.391 e. The van der Waals surface area contributed by atoms with E-state index >= 15 is 4.79 Å². The minimum atomic E-state index is -0.975. The Labute approximate surface area is 571 Å². The number of aromatic nitrogens is 7. The summed E-state index contributed by atoms with van der Waals surface area (Å²) in [6, 6.07) is 17.6. The Morgan fingerprint density at radius 2 is 1.57 bits per heavy atom. The van der Waals surface area contributed by atoms with Crippen molar-refractivity contribution in [1.82, 2.24) is 60.7 Å². The van der Waals surface area contributed by atoms with Gasteiger partial charge in [-0.25, -0.2) is 15.0 Å². The highest BCUT2D eigenvalue weighted by molar-refractivity contribution is 7.22. The second-order valence-corrected chi connectivity index (χ2v) is 33.2. The van der Waals surface area contributed by atoms with E-state index in [1.165, 1.54) is 37.3 Å². The number of hydrogen-bond donors (Lipinski definition) is 5. The summed E-state index contributed by atoms with van der Waals surface area (Å²) < 4.78 is 10.4. The van der Waals surface area contributed by atoms with Gasteiger partial charge in [0.15, 0.2) is 16.8 Å². The molecule has 96 heavy (non-hydrogen) atoms. The maximum absolute atomic E-state index is 15.3. The summed E-state index contributed by atoms with van der Waals surface area (Å²) >= 11 is 3.16. The largest absolute Gasteiger partial charge is 0.391 e. The first-order valence-corrected chi connectivity index (χ1v) is 36.7. The summed E-state index contributed by atoms with van der Waals surface area (Å²) in [5, 5.41) is 39.6. The van der Waals surface area contributed by atoms with Gasteiger partial charge in [-0.3, -0.25) is 23.9 Å². The maximum Gasteiger partial charge on any atom is 0.270 e. The molecule has 8 aliphatic rings. The number of amides is 4. The zero-order valence-corrected chi connectivity index (χ0v) is 58.9. The summed E-state index contributed by atoms with van der Waals surface area (Å²) in [6.45, 7) is 24.3. The molecule has 2 aromatic carbocycles. The molecule has 15 rings (SSSR count). The van der Waals surface area contributed by atoms with Crippen LogP contribution in [-0.4, -0.2) is 143 Å². The number of ether oxygens (including phenoxy) is 1. The Kier molecular flexibility index (Phi) is 17.8. The van der Waals surface area contributed by atoms with Crippen LogP contribution < -0.4 is 26.2 Å². The van der Waals surface area contributed by atoms with Crippen molar-refractivity contribution < 1.29 is 29.0 Å². The molecule has 508 valence electrons. The Bertz CT molecular complexity index is 4040. The van der Waals surface area contributed by atoms with Crippen molar-refractivity contribution in [3.63, 3.8) is 0 Å². The average Bonchev–Trinajstić information content (AvgIpc) is 1.23. The lowest BCUT2D eigenvalue weighted by molar-refractivity contribution is -0.248. The molecule has 4 bridgehead atoms. The van der Waals surface area contributed by atoms with Crippen molar-refractivity contribution in [2.24, 2.45) is 27.6 Å². The van der Waals surface area contributed by atoms with Crippen LogP contribution in [0.5, 0.6) is 0 Å². The molecule has 7 fully saturated rings. The van der Waals surface area contributed by atoms with Crippen molar-refractivity contribution in [2.75, 3.05) is 49.5 Å². The molecule has 5 aliphatic carbocycles. The Balaban J connectivity index is 0.683. The van der Waals surface area contributed by atoms with Crippen molar-refractivity contribution in [2.45, 2.75) is 201 Å². The summed E-state index contributed by atoms with van der Waals surface area (Å²) in [4.78, 5) is 80.3. The molecule has 20 nitrogen and oxygen atoms in total. The molecule has 5 aromatic heterocycles. The number of aliphatic hydroxyl groups excluding tert-OH is 1. The summed E-state index contributed by atoms with van der Waals surface area (Å²) in [5.41, 5.74) is 10.1. The van der Waals surface area contributed by atoms with Crippen LogP contribution in [0.1, 0.15) is 176 Å². The standard InChI is InChI=1S/C74H94N14O6S2/c1-44-53-15-14-30-86(64(53)84-83-63(44)82-69-79-56-16-10-11-17-58(56)96-69)59-27-26-54(55-34-76-88(47(55)4)42-73-37-71(8)36-72(9,38-73)40-74(39-71,41-73)94-32-31-85-28-12-13-29-85)60(80-59)67(92)78-51-24-22-50(23-25-51)65(90)81-62(70(5,6)7)68(93)87-35-52(89)33-57(87)66(91)77-45(2)48-18-20-49(21-19-48)61-46(3)75-43-95-61/h10-11,16-21,26-27,34,43,45,50-52,57,62,89H,12-15,22-25,28-33,35-42H2,1-9H3,(H,77,91)(H,78,92)(H,81,90)(H,79,82,83)/t45-,50?,51?,52+,57-,62+,71?,72?,73?,74?/m0/s1. The first-order chi connectivity index (χ1) is 45.9. The highest BCUT2D eigenvalue weighted by Crippen LogP contribution is 2.72. The average molecular weight is 1340 g/mol. The van der Waals surface area contributed by atoms with Crippen LogP contribution in [0, 0.1) is 48.3 Å². The lowest BCUT2D eigenvalue weighted by Gasteiger charge is -2.69. The number of rotatable bonds is 19. The van der Waals surface area contributed by atoms with E-state index in [0.717, 1.165) is 124 Å². The number of fused-ring (bicyclic) bond motifs is 2. The Morgan fingerprint density at radius 3 is 2.29 bits per heavy atom. The van der Waals surface area contributed by atoms with Gasteiger partial charge in [-0.1, -0.05) is 82.4 Å². The van der Waals surface area contributed by atoms with E-state index in [4.69, 9.17) is 30.0 Å². The van der Waals surface area contributed by atoms with Gasteiger partial charge < -0.3 is 45.8 Å². The fraction of sp³-hybridized carbons (Fsp3) is 0.568. The van der Waals surface area contributed by atoms with Gasteiger partial charge in [-0.15, -0.1) is 21.5 Å². The summed E-state index contributed by atoms with van der Waals surface area (Å²) in [7, 11) is 0. The smallest absolute Gasteiger partial charge is 0.270 e. The molecule has 5 saturated carbocycles. The summed E-state index contributed by atoms with van der Waals surface area (Å²) in [6.07, 6.45) is 14.1. The molecule has 2 unspecified atom stereocenters. The monoisotopic (exact) mass is 1340 g/mol. The molecule has 0 radical (unpaired) electrons. The molecule has 0 spiro atoms. The highest BCUT2D eigenvalue weighted by atomic mass is 32.1. The lowest BCUT2D eigenvalue weighted by Crippen LogP contribution is -2.64. The predicted octanol–water partition coefficient (Wildman–Crippen LogP) is 12.1. The first-order valence-electron chi connectivity index (χ1n) is 35.0. The van der Waals surface area contributed by atoms with Gasteiger partial charge in [0.1, 0.15) is 23.6 Å². The van der Waals surface area contributed by atoms with Crippen LogP contribution >= 0.6 is 22.7 Å². The molecule has 7 aromatic rings. The van der Waals surface area contributed by atoms with Crippen molar-refractivity contribution >= 4 is 79.1 Å². The van der Waals surface area contributed by atoms with Crippen LogP contribution in [0.2, 0.25) is 0 Å². The molecular weight excluding hydrogens is 1250 g/mol. The number of aliphatic hydroxyl groups is 1. The first kappa shape index (κ1) is 66.0. The van der Waals surface area contributed by atoms with Crippen molar-refractivity contribution in [1.29, 1.82) is 0 Å². The van der Waals surface area contributed by atoms with E-state index < -0.39 is 35.4 Å². The van der Waals surface area contributed by atoms with Crippen LogP contribution in [0.15, 0.2) is 72.4 Å². The van der Waals surface area contributed by atoms with Gasteiger partial charge >= 0.3 is 0 Å². The number of benzene rings is 2. The quantitative estimate of drug-likeness (QED) is 0.0506.